The number of rotatable bonds is 7. The molecule has 0 fully saturated rings. The summed E-state index contributed by atoms with van der Waals surface area (Å²) >= 11 is 0. The Morgan fingerprint density at radius 2 is 1.65 bits per heavy atom. The van der Waals surface area contributed by atoms with Crippen molar-refractivity contribution in [1.82, 2.24) is 15.5 Å². The predicted molar refractivity (Wildman–Crippen MR) is 101 cm³/mol. The largest absolute Gasteiger partial charge is 0.357 e. The number of benzene rings is 1. The molecule has 0 aliphatic rings. The third-order valence-electron chi connectivity index (χ3n) is 3.65. The van der Waals surface area contributed by atoms with E-state index in [1.54, 1.807) is 0 Å². The van der Waals surface area contributed by atoms with Gasteiger partial charge in [-0.15, -0.1) is 0 Å². The molecular formula is C19H34N4. The first-order valence-corrected chi connectivity index (χ1v) is 8.75. The van der Waals surface area contributed by atoms with Gasteiger partial charge in [-0.3, -0.25) is 4.90 Å². The summed E-state index contributed by atoms with van der Waals surface area (Å²) in [5, 5.41) is 6.76. The Labute approximate surface area is 142 Å². The Hall–Kier alpha value is -1.55. The molecule has 0 heterocycles. The molecule has 0 saturated heterocycles. The first-order chi connectivity index (χ1) is 10.9. The maximum atomic E-state index is 4.76. The van der Waals surface area contributed by atoms with Gasteiger partial charge < -0.3 is 10.6 Å². The van der Waals surface area contributed by atoms with E-state index in [2.05, 4.69) is 81.3 Å². The van der Waals surface area contributed by atoms with E-state index in [4.69, 9.17) is 4.99 Å². The summed E-state index contributed by atoms with van der Waals surface area (Å²) < 4.78 is 0. The van der Waals surface area contributed by atoms with Crippen molar-refractivity contribution in [2.45, 2.75) is 60.2 Å². The second kappa shape index (κ2) is 9.56. The van der Waals surface area contributed by atoms with Crippen molar-refractivity contribution >= 4 is 5.96 Å². The van der Waals surface area contributed by atoms with Gasteiger partial charge in [-0.1, -0.05) is 38.1 Å². The van der Waals surface area contributed by atoms with Gasteiger partial charge in [0.1, 0.15) is 0 Å². The zero-order valence-corrected chi connectivity index (χ0v) is 15.7. The highest BCUT2D eigenvalue weighted by Gasteiger charge is 2.12. The lowest BCUT2D eigenvalue weighted by Crippen LogP contribution is -2.47. The Morgan fingerprint density at radius 3 is 2.17 bits per heavy atom. The fourth-order valence-electron chi connectivity index (χ4n) is 2.38. The minimum absolute atomic E-state index is 0.00173. The molecule has 2 N–H and O–H groups in total. The molecule has 4 nitrogen and oxygen atoms in total. The smallest absolute Gasteiger partial charge is 0.191 e. The summed E-state index contributed by atoms with van der Waals surface area (Å²) in [6, 6.07) is 8.61. The van der Waals surface area contributed by atoms with Gasteiger partial charge >= 0.3 is 0 Å². The van der Waals surface area contributed by atoms with Crippen LogP contribution in [0, 0.1) is 0 Å². The molecule has 0 saturated carbocycles. The Kier molecular flexibility index (Phi) is 8.10. The molecule has 0 aliphatic heterocycles. The van der Waals surface area contributed by atoms with Gasteiger partial charge in [0.2, 0.25) is 0 Å². The van der Waals surface area contributed by atoms with Gasteiger partial charge in [-0.2, -0.15) is 0 Å². The average Bonchev–Trinajstić information content (AvgIpc) is 2.50. The molecular weight excluding hydrogens is 284 g/mol. The highest BCUT2D eigenvalue weighted by molar-refractivity contribution is 5.80. The minimum atomic E-state index is 0.00173. The third-order valence-corrected chi connectivity index (χ3v) is 3.65. The molecule has 0 atom stereocenters. The van der Waals surface area contributed by atoms with E-state index in [1.165, 1.54) is 11.1 Å². The second-order valence-corrected chi connectivity index (χ2v) is 6.80. The highest BCUT2D eigenvalue weighted by Crippen LogP contribution is 2.13. The van der Waals surface area contributed by atoms with Crippen LogP contribution in [0.5, 0.6) is 0 Å². The number of nitrogens with one attached hydrogen (secondary N) is 2. The molecule has 130 valence electrons. The van der Waals surface area contributed by atoms with Crippen LogP contribution in [-0.4, -0.2) is 36.0 Å². The van der Waals surface area contributed by atoms with Crippen LogP contribution < -0.4 is 10.6 Å². The molecule has 4 heteroatoms. The maximum absolute atomic E-state index is 4.76. The van der Waals surface area contributed by atoms with Crippen LogP contribution in [0.15, 0.2) is 29.3 Å². The van der Waals surface area contributed by atoms with Gasteiger partial charge in [0.05, 0.1) is 6.54 Å². The van der Waals surface area contributed by atoms with E-state index in [0.717, 1.165) is 32.1 Å². The van der Waals surface area contributed by atoms with Crippen molar-refractivity contribution in [3.8, 4) is 0 Å². The Morgan fingerprint density at radius 1 is 1.04 bits per heavy atom. The monoisotopic (exact) mass is 318 g/mol. The van der Waals surface area contributed by atoms with Gasteiger partial charge in [0.25, 0.3) is 0 Å². The third kappa shape index (κ3) is 7.51. The Balaban J connectivity index is 2.87. The van der Waals surface area contributed by atoms with Crippen molar-refractivity contribution in [3.63, 3.8) is 0 Å². The van der Waals surface area contributed by atoms with Crippen molar-refractivity contribution in [3.05, 3.63) is 35.4 Å². The standard InChI is InChI=1S/C19H34N4/c1-7-20-18(22-19(4,5)6)21-14-16-12-10-11-13-17(16)15-23(8-2)9-3/h10-13H,7-9,14-15H2,1-6H3,(H2,20,21,22). The molecule has 0 amide bonds. The van der Waals surface area contributed by atoms with Crippen LogP contribution in [0.25, 0.3) is 0 Å². The lowest BCUT2D eigenvalue weighted by atomic mass is 10.1. The van der Waals surface area contributed by atoms with Crippen LogP contribution in [0.1, 0.15) is 52.7 Å². The molecule has 1 rings (SSSR count). The average molecular weight is 319 g/mol. The van der Waals surface area contributed by atoms with Crippen molar-refractivity contribution in [1.29, 1.82) is 0 Å². The number of hydrogen-bond donors (Lipinski definition) is 2. The number of nitrogens with zero attached hydrogens (tertiary/aromatic N) is 2. The fraction of sp³-hybridized carbons (Fsp3) is 0.632. The number of guanidine groups is 1. The van der Waals surface area contributed by atoms with Crippen LogP contribution in [0.4, 0.5) is 0 Å². The van der Waals surface area contributed by atoms with E-state index < -0.39 is 0 Å². The molecule has 0 aromatic heterocycles. The second-order valence-electron chi connectivity index (χ2n) is 6.80. The van der Waals surface area contributed by atoms with Gasteiger partial charge in [0, 0.05) is 18.6 Å². The van der Waals surface area contributed by atoms with Crippen molar-refractivity contribution < 1.29 is 0 Å². The normalized spacial score (nSPS) is 12.6. The SMILES string of the molecule is CCNC(=NCc1ccccc1CN(CC)CC)NC(C)(C)C. The molecule has 23 heavy (non-hydrogen) atoms. The lowest BCUT2D eigenvalue weighted by Gasteiger charge is -2.24. The van der Waals surface area contributed by atoms with Crippen LogP contribution in [-0.2, 0) is 13.1 Å². The van der Waals surface area contributed by atoms with E-state index >= 15 is 0 Å². The predicted octanol–water partition coefficient (Wildman–Crippen LogP) is 3.38. The number of aliphatic imine (C=N–C) groups is 1. The van der Waals surface area contributed by atoms with Gasteiger partial charge in [0.15, 0.2) is 5.96 Å². The van der Waals surface area contributed by atoms with Crippen LogP contribution in [0.3, 0.4) is 0 Å². The van der Waals surface area contributed by atoms with Crippen molar-refractivity contribution in [2.24, 2.45) is 4.99 Å². The molecule has 0 unspecified atom stereocenters. The van der Waals surface area contributed by atoms with E-state index in [0.29, 0.717) is 6.54 Å². The van der Waals surface area contributed by atoms with Gasteiger partial charge in [-0.25, -0.2) is 4.99 Å². The fourth-order valence-corrected chi connectivity index (χ4v) is 2.38. The first kappa shape index (κ1) is 19.5. The van der Waals surface area contributed by atoms with Crippen LogP contribution >= 0.6 is 0 Å². The summed E-state index contributed by atoms with van der Waals surface area (Å²) in [4.78, 5) is 7.20. The topological polar surface area (TPSA) is 39.7 Å². The number of hydrogen-bond acceptors (Lipinski definition) is 2. The van der Waals surface area contributed by atoms with E-state index in [-0.39, 0.29) is 5.54 Å². The maximum Gasteiger partial charge on any atom is 0.191 e. The zero-order chi connectivity index (χ0) is 17.3. The summed E-state index contributed by atoms with van der Waals surface area (Å²) in [5.74, 6) is 0.873. The molecule has 0 spiro atoms. The first-order valence-electron chi connectivity index (χ1n) is 8.75. The molecule has 0 bridgehead atoms. The lowest BCUT2D eigenvalue weighted by molar-refractivity contribution is 0.295. The minimum Gasteiger partial charge on any atom is -0.357 e. The summed E-state index contributed by atoms with van der Waals surface area (Å²) in [5.41, 5.74) is 2.67. The molecule has 1 aromatic rings. The molecule has 1 aromatic carbocycles. The van der Waals surface area contributed by atoms with E-state index in [9.17, 15) is 0 Å². The van der Waals surface area contributed by atoms with Crippen LogP contribution in [0.2, 0.25) is 0 Å². The summed E-state index contributed by atoms with van der Waals surface area (Å²) in [6.45, 7) is 17.6. The zero-order valence-electron chi connectivity index (χ0n) is 15.7. The summed E-state index contributed by atoms with van der Waals surface area (Å²) in [7, 11) is 0. The molecule has 0 radical (unpaired) electrons. The highest BCUT2D eigenvalue weighted by atomic mass is 15.2. The van der Waals surface area contributed by atoms with Gasteiger partial charge in [-0.05, 0) is 51.9 Å². The van der Waals surface area contributed by atoms with E-state index in [1.807, 2.05) is 0 Å². The van der Waals surface area contributed by atoms with Crippen molar-refractivity contribution in [2.75, 3.05) is 19.6 Å². The summed E-state index contributed by atoms with van der Waals surface area (Å²) in [6.07, 6.45) is 0. The molecule has 0 aliphatic carbocycles. The quantitative estimate of drug-likeness (QED) is 0.598. The Bertz CT molecular complexity index is 484.